The zero-order chi connectivity index (χ0) is 9.36. The van der Waals surface area contributed by atoms with Crippen molar-refractivity contribution in [2.24, 2.45) is 0 Å². The van der Waals surface area contributed by atoms with Gasteiger partial charge in [0.1, 0.15) is 0 Å². The first-order valence-electron chi connectivity index (χ1n) is 4.81. The number of rotatable bonds is 6. The molecular formula is C9H16N4. The van der Waals surface area contributed by atoms with Crippen LogP contribution in [-0.2, 0) is 0 Å². The highest BCUT2D eigenvalue weighted by Gasteiger charge is 1.91. The van der Waals surface area contributed by atoms with Crippen LogP contribution in [0.25, 0.3) is 0 Å². The van der Waals surface area contributed by atoms with Gasteiger partial charge in [-0.1, -0.05) is 26.2 Å². The molecule has 1 aromatic rings. The predicted octanol–water partition coefficient (Wildman–Crippen LogP) is 1.86. The summed E-state index contributed by atoms with van der Waals surface area (Å²) < 4.78 is 0. The van der Waals surface area contributed by atoms with E-state index >= 15 is 0 Å². The van der Waals surface area contributed by atoms with Gasteiger partial charge in [0.2, 0.25) is 0 Å². The van der Waals surface area contributed by atoms with Crippen molar-refractivity contribution in [1.82, 2.24) is 15.4 Å². The van der Waals surface area contributed by atoms with Crippen molar-refractivity contribution in [3.63, 3.8) is 0 Å². The van der Waals surface area contributed by atoms with E-state index in [9.17, 15) is 0 Å². The Hall–Kier alpha value is -1.19. The van der Waals surface area contributed by atoms with Crippen LogP contribution in [0.15, 0.2) is 12.3 Å². The molecule has 1 N–H and O–H groups in total. The molecule has 0 bridgehead atoms. The molecule has 0 aliphatic heterocycles. The lowest BCUT2D eigenvalue weighted by atomic mass is 10.2. The maximum Gasteiger partial charge on any atom is 0.152 e. The molecule has 4 nitrogen and oxygen atoms in total. The topological polar surface area (TPSA) is 50.7 Å². The van der Waals surface area contributed by atoms with Gasteiger partial charge in [0.15, 0.2) is 5.82 Å². The van der Waals surface area contributed by atoms with E-state index in [1.54, 1.807) is 6.20 Å². The molecule has 0 atom stereocenters. The largest absolute Gasteiger partial charge is 0.368 e. The van der Waals surface area contributed by atoms with E-state index in [1.165, 1.54) is 25.7 Å². The van der Waals surface area contributed by atoms with Crippen LogP contribution < -0.4 is 5.32 Å². The molecule has 4 heteroatoms. The lowest BCUT2D eigenvalue weighted by molar-refractivity contribution is 0.683. The molecule has 0 unspecified atom stereocenters. The average molecular weight is 180 g/mol. The van der Waals surface area contributed by atoms with E-state index in [0.717, 1.165) is 12.4 Å². The average Bonchev–Trinajstić information content (AvgIpc) is 2.19. The standard InChI is InChI=1S/C9H16N4/c1-2-3-4-5-7-10-9-6-8-11-13-12-9/h6,8H,2-5,7H2,1H3,(H,10,11,12). The lowest BCUT2D eigenvalue weighted by Gasteiger charge is -2.02. The fourth-order valence-electron chi connectivity index (χ4n) is 1.10. The summed E-state index contributed by atoms with van der Waals surface area (Å²) >= 11 is 0. The summed E-state index contributed by atoms with van der Waals surface area (Å²) in [5.41, 5.74) is 0. The molecule has 0 radical (unpaired) electrons. The summed E-state index contributed by atoms with van der Waals surface area (Å²) in [6, 6.07) is 1.83. The first kappa shape index (κ1) is 9.89. The molecule has 1 heterocycles. The van der Waals surface area contributed by atoms with Gasteiger partial charge in [0.25, 0.3) is 0 Å². The Bertz CT molecular complexity index is 212. The molecule has 13 heavy (non-hydrogen) atoms. The smallest absolute Gasteiger partial charge is 0.152 e. The molecule has 0 saturated heterocycles. The molecule has 0 saturated carbocycles. The van der Waals surface area contributed by atoms with Gasteiger partial charge < -0.3 is 5.32 Å². The Morgan fingerprint density at radius 3 is 2.92 bits per heavy atom. The summed E-state index contributed by atoms with van der Waals surface area (Å²) in [5, 5.41) is 14.2. The van der Waals surface area contributed by atoms with Gasteiger partial charge in [-0.25, -0.2) is 0 Å². The molecule has 1 aromatic heterocycles. The number of nitrogens with one attached hydrogen (secondary N) is 1. The molecule has 0 aliphatic rings. The molecule has 0 aromatic carbocycles. The third kappa shape index (κ3) is 4.40. The monoisotopic (exact) mass is 180 g/mol. The number of hydrogen-bond donors (Lipinski definition) is 1. The Morgan fingerprint density at radius 2 is 2.23 bits per heavy atom. The Labute approximate surface area is 78.8 Å². The van der Waals surface area contributed by atoms with Crippen LogP contribution in [0.4, 0.5) is 5.82 Å². The summed E-state index contributed by atoms with van der Waals surface area (Å²) in [6.07, 6.45) is 6.69. The zero-order valence-corrected chi connectivity index (χ0v) is 8.03. The van der Waals surface area contributed by atoms with Crippen molar-refractivity contribution in [2.45, 2.75) is 32.6 Å². The van der Waals surface area contributed by atoms with Crippen LogP contribution in [0.3, 0.4) is 0 Å². The second-order valence-electron chi connectivity index (χ2n) is 2.99. The van der Waals surface area contributed by atoms with Gasteiger partial charge >= 0.3 is 0 Å². The normalized spacial score (nSPS) is 9.92. The lowest BCUT2D eigenvalue weighted by Crippen LogP contribution is -2.04. The van der Waals surface area contributed by atoms with Crippen LogP contribution in [0.2, 0.25) is 0 Å². The van der Waals surface area contributed by atoms with Crippen molar-refractivity contribution >= 4 is 5.82 Å². The highest BCUT2D eigenvalue weighted by Crippen LogP contribution is 2.01. The summed E-state index contributed by atoms with van der Waals surface area (Å²) in [6.45, 7) is 3.18. The van der Waals surface area contributed by atoms with Crippen LogP contribution >= 0.6 is 0 Å². The SMILES string of the molecule is CCCCCCNc1ccnnn1. The van der Waals surface area contributed by atoms with E-state index in [2.05, 4.69) is 27.7 Å². The van der Waals surface area contributed by atoms with Crippen molar-refractivity contribution in [3.05, 3.63) is 12.3 Å². The molecule has 1 rings (SSSR count). The molecule has 0 amide bonds. The van der Waals surface area contributed by atoms with Crippen molar-refractivity contribution < 1.29 is 0 Å². The first-order chi connectivity index (χ1) is 6.43. The van der Waals surface area contributed by atoms with Gasteiger partial charge in [0.05, 0.1) is 6.20 Å². The van der Waals surface area contributed by atoms with Crippen LogP contribution in [0.1, 0.15) is 32.6 Å². The van der Waals surface area contributed by atoms with Crippen LogP contribution in [-0.4, -0.2) is 22.0 Å². The number of anilines is 1. The van der Waals surface area contributed by atoms with Crippen molar-refractivity contribution in [2.75, 3.05) is 11.9 Å². The first-order valence-corrected chi connectivity index (χ1v) is 4.81. The van der Waals surface area contributed by atoms with E-state index in [1.807, 2.05) is 6.07 Å². The van der Waals surface area contributed by atoms with Gasteiger partial charge in [-0.05, 0) is 11.6 Å². The van der Waals surface area contributed by atoms with Gasteiger partial charge in [0, 0.05) is 12.6 Å². The number of aromatic nitrogens is 3. The van der Waals surface area contributed by atoms with Gasteiger partial charge in [-0.3, -0.25) is 0 Å². The van der Waals surface area contributed by atoms with E-state index in [0.29, 0.717) is 0 Å². The molecule has 0 spiro atoms. The van der Waals surface area contributed by atoms with Gasteiger partial charge in [-0.15, -0.1) is 10.2 Å². The maximum atomic E-state index is 3.82. The number of nitrogens with zero attached hydrogens (tertiary/aromatic N) is 3. The third-order valence-electron chi connectivity index (χ3n) is 1.84. The highest BCUT2D eigenvalue weighted by atomic mass is 15.3. The van der Waals surface area contributed by atoms with Crippen LogP contribution in [0, 0.1) is 0 Å². The molecule has 0 fully saturated rings. The minimum atomic E-state index is 0.812. The Balaban J connectivity index is 2.07. The second-order valence-corrected chi connectivity index (χ2v) is 2.99. The summed E-state index contributed by atoms with van der Waals surface area (Å²) in [4.78, 5) is 0. The summed E-state index contributed by atoms with van der Waals surface area (Å²) in [7, 11) is 0. The zero-order valence-electron chi connectivity index (χ0n) is 8.03. The van der Waals surface area contributed by atoms with E-state index < -0.39 is 0 Å². The molecule has 0 aliphatic carbocycles. The van der Waals surface area contributed by atoms with Crippen molar-refractivity contribution in [3.8, 4) is 0 Å². The predicted molar refractivity (Wildman–Crippen MR) is 52.5 cm³/mol. The minimum Gasteiger partial charge on any atom is -0.368 e. The van der Waals surface area contributed by atoms with Gasteiger partial charge in [-0.2, -0.15) is 0 Å². The fourth-order valence-corrected chi connectivity index (χ4v) is 1.10. The third-order valence-corrected chi connectivity index (χ3v) is 1.84. The van der Waals surface area contributed by atoms with E-state index in [4.69, 9.17) is 0 Å². The highest BCUT2D eigenvalue weighted by molar-refractivity contribution is 5.29. The fraction of sp³-hybridized carbons (Fsp3) is 0.667. The van der Waals surface area contributed by atoms with E-state index in [-0.39, 0.29) is 0 Å². The quantitative estimate of drug-likeness (QED) is 0.679. The molecule has 72 valence electrons. The van der Waals surface area contributed by atoms with Crippen LogP contribution in [0.5, 0.6) is 0 Å². The molecular weight excluding hydrogens is 164 g/mol. The maximum absolute atomic E-state index is 3.82. The second kappa shape index (κ2) is 6.34. The Kier molecular flexibility index (Phi) is 4.83. The summed E-state index contributed by atoms with van der Waals surface area (Å²) in [5.74, 6) is 0.812. The minimum absolute atomic E-state index is 0.812. The Morgan fingerprint density at radius 1 is 1.31 bits per heavy atom. The number of hydrogen-bond acceptors (Lipinski definition) is 4. The van der Waals surface area contributed by atoms with Crippen molar-refractivity contribution in [1.29, 1.82) is 0 Å². The number of unbranched alkanes of at least 4 members (excludes halogenated alkanes) is 3.